The van der Waals surface area contributed by atoms with Gasteiger partial charge in [0, 0.05) is 24.5 Å². The molecule has 5 nitrogen and oxygen atoms in total. The number of anilines is 1. The fourth-order valence-electron chi connectivity index (χ4n) is 2.71. The lowest BCUT2D eigenvalue weighted by Gasteiger charge is -2.08. The number of hydrogen-bond donors (Lipinski definition) is 1. The summed E-state index contributed by atoms with van der Waals surface area (Å²) >= 11 is 0. The molecule has 0 amide bonds. The van der Waals surface area contributed by atoms with E-state index in [4.69, 9.17) is 0 Å². The van der Waals surface area contributed by atoms with Crippen LogP contribution >= 0.6 is 0 Å². The minimum absolute atomic E-state index is 0.307. The molecule has 0 spiro atoms. The van der Waals surface area contributed by atoms with E-state index in [0.717, 1.165) is 11.3 Å². The lowest BCUT2D eigenvalue weighted by Crippen LogP contribution is -2.04. The number of rotatable bonds is 6. The Kier molecular flexibility index (Phi) is 3.99. The maximum Gasteiger partial charge on any atom is 0.109 e. The number of nitrogens with zero attached hydrogens (tertiary/aromatic N) is 4. The van der Waals surface area contributed by atoms with Crippen LogP contribution in [0, 0.1) is 0 Å². The third-order valence-corrected chi connectivity index (χ3v) is 3.80. The number of hydrogen-bond acceptors (Lipinski definition) is 3. The van der Waals surface area contributed by atoms with E-state index in [1.54, 1.807) is 10.9 Å². The Bertz CT molecular complexity index is 541. The van der Waals surface area contributed by atoms with Gasteiger partial charge in [-0.15, -0.1) is 0 Å². The third-order valence-electron chi connectivity index (χ3n) is 3.80. The van der Waals surface area contributed by atoms with E-state index >= 15 is 0 Å². The smallest absolute Gasteiger partial charge is 0.109 e. The minimum Gasteiger partial charge on any atom is -0.378 e. The molecule has 6 heteroatoms. The monoisotopic (exact) mass is 277 g/mol. The van der Waals surface area contributed by atoms with E-state index in [9.17, 15) is 4.39 Å². The molecule has 2 aromatic rings. The molecule has 108 valence electrons. The zero-order chi connectivity index (χ0) is 13.8. The SMILES string of the molecule is FCCn1cc(NCc2cnn(C3CCCC3)c2)cn1. The van der Waals surface area contributed by atoms with Crippen LogP contribution < -0.4 is 5.32 Å². The molecule has 0 bridgehead atoms. The molecule has 0 aliphatic heterocycles. The molecule has 1 aliphatic rings. The number of halogens is 1. The predicted octanol–water partition coefficient (Wildman–Crippen LogP) is 2.78. The molecule has 0 radical (unpaired) electrons. The maximum atomic E-state index is 12.2. The molecule has 1 saturated carbocycles. The molecule has 1 N–H and O–H groups in total. The maximum absolute atomic E-state index is 12.2. The first kappa shape index (κ1) is 13.1. The standard InChI is InChI=1S/C14H20FN5/c15-5-6-19-11-13(9-17-19)16-7-12-8-18-20(10-12)14-3-1-2-4-14/h8-11,14,16H,1-7H2. The van der Waals surface area contributed by atoms with Crippen molar-refractivity contribution in [1.29, 1.82) is 0 Å². The van der Waals surface area contributed by atoms with Crippen molar-refractivity contribution in [2.45, 2.75) is 44.8 Å². The third kappa shape index (κ3) is 3.00. The predicted molar refractivity (Wildman–Crippen MR) is 75.3 cm³/mol. The highest BCUT2D eigenvalue weighted by Crippen LogP contribution is 2.28. The summed E-state index contributed by atoms with van der Waals surface area (Å²) in [6.07, 6.45) is 12.7. The Hall–Kier alpha value is -1.85. The quantitative estimate of drug-likeness (QED) is 0.883. The van der Waals surface area contributed by atoms with Crippen molar-refractivity contribution in [3.63, 3.8) is 0 Å². The Labute approximate surface area is 117 Å². The van der Waals surface area contributed by atoms with E-state index in [1.807, 2.05) is 12.4 Å². The molecule has 2 aromatic heterocycles. The highest BCUT2D eigenvalue weighted by atomic mass is 19.1. The van der Waals surface area contributed by atoms with Gasteiger partial charge in [-0.2, -0.15) is 10.2 Å². The Balaban J connectivity index is 1.54. The van der Waals surface area contributed by atoms with Gasteiger partial charge in [0.2, 0.25) is 0 Å². The Morgan fingerprint density at radius 2 is 2.05 bits per heavy atom. The van der Waals surface area contributed by atoms with Crippen LogP contribution in [-0.4, -0.2) is 26.2 Å². The van der Waals surface area contributed by atoms with E-state index in [1.165, 1.54) is 25.7 Å². The first-order valence-electron chi connectivity index (χ1n) is 7.20. The largest absolute Gasteiger partial charge is 0.378 e. The second-order valence-corrected chi connectivity index (χ2v) is 5.30. The number of nitrogens with one attached hydrogen (secondary N) is 1. The molecule has 0 atom stereocenters. The second-order valence-electron chi connectivity index (χ2n) is 5.30. The van der Waals surface area contributed by atoms with E-state index < -0.39 is 6.67 Å². The van der Waals surface area contributed by atoms with Crippen molar-refractivity contribution in [3.05, 3.63) is 30.4 Å². The van der Waals surface area contributed by atoms with Gasteiger partial charge >= 0.3 is 0 Å². The van der Waals surface area contributed by atoms with Crippen LogP contribution in [0.5, 0.6) is 0 Å². The van der Waals surface area contributed by atoms with Gasteiger partial charge in [0.1, 0.15) is 6.67 Å². The molecule has 0 aromatic carbocycles. The van der Waals surface area contributed by atoms with Gasteiger partial charge in [0.15, 0.2) is 0 Å². The van der Waals surface area contributed by atoms with Gasteiger partial charge in [0.25, 0.3) is 0 Å². The topological polar surface area (TPSA) is 47.7 Å². The summed E-state index contributed by atoms with van der Waals surface area (Å²) < 4.78 is 15.9. The van der Waals surface area contributed by atoms with E-state index in [0.29, 0.717) is 19.1 Å². The molecule has 0 unspecified atom stereocenters. The van der Waals surface area contributed by atoms with Crippen LogP contribution in [0.2, 0.25) is 0 Å². The number of alkyl halides is 1. The van der Waals surface area contributed by atoms with Crippen molar-refractivity contribution in [3.8, 4) is 0 Å². The van der Waals surface area contributed by atoms with Crippen molar-refractivity contribution >= 4 is 5.69 Å². The molecular weight excluding hydrogens is 257 g/mol. The Morgan fingerprint density at radius 1 is 1.20 bits per heavy atom. The highest BCUT2D eigenvalue weighted by Gasteiger charge is 2.17. The van der Waals surface area contributed by atoms with Crippen molar-refractivity contribution in [1.82, 2.24) is 19.6 Å². The van der Waals surface area contributed by atoms with Crippen molar-refractivity contribution in [2.24, 2.45) is 0 Å². The average molecular weight is 277 g/mol. The molecule has 20 heavy (non-hydrogen) atoms. The second kappa shape index (κ2) is 6.07. The van der Waals surface area contributed by atoms with E-state index in [-0.39, 0.29) is 0 Å². The zero-order valence-corrected chi connectivity index (χ0v) is 11.5. The molecule has 0 saturated heterocycles. The van der Waals surface area contributed by atoms with Crippen LogP contribution in [0.3, 0.4) is 0 Å². The fraction of sp³-hybridized carbons (Fsp3) is 0.571. The summed E-state index contributed by atoms with van der Waals surface area (Å²) in [6, 6.07) is 0.580. The van der Waals surface area contributed by atoms with Gasteiger partial charge in [-0.25, -0.2) is 4.39 Å². The lowest BCUT2D eigenvalue weighted by atomic mass is 10.2. The van der Waals surface area contributed by atoms with Gasteiger partial charge in [-0.3, -0.25) is 9.36 Å². The minimum atomic E-state index is -0.394. The lowest BCUT2D eigenvalue weighted by molar-refractivity contribution is 0.427. The number of aryl methyl sites for hydroxylation is 1. The van der Waals surface area contributed by atoms with Crippen LogP contribution in [0.25, 0.3) is 0 Å². The molecule has 1 aliphatic carbocycles. The van der Waals surface area contributed by atoms with Crippen LogP contribution in [0.1, 0.15) is 37.3 Å². The first-order chi connectivity index (χ1) is 9.85. The summed E-state index contributed by atoms with van der Waals surface area (Å²) in [7, 11) is 0. The fourth-order valence-corrected chi connectivity index (χ4v) is 2.71. The first-order valence-corrected chi connectivity index (χ1v) is 7.20. The van der Waals surface area contributed by atoms with Crippen molar-refractivity contribution < 1.29 is 4.39 Å². The average Bonchev–Trinajstić information content (AvgIpc) is 3.18. The molecule has 3 rings (SSSR count). The Morgan fingerprint density at radius 3 is 2.85 bits per heavy atom. The van der Waals surface area contributed by atoms with E-state index in [2.05, 4.69) is 26.4 Å². The van der Waals surface area contributed by atoms with Gasteiger partial charge in [0.05, 0.1) is 30.7 Å². The van der Waals surface area contributed by atoms with Crippen molar-refractivity contribution in [2.75, 3.05) is 12.0 Å². The van der Waals surface area contributed by atoms with Gasteiger partial charge < -0.3 is 5.32 Å². The zero-order valence-electron chi connectivity index (χ0n) is 11.5. The van der Waals surface area contributed by atoms with Gasteiger partial charge in [-0.1, -0.05) is 12.8 Å². The van der Waals surface area contributed by atoms with Crippen LogP contribution in [-0.2, 0) is 13.1 Å². The summed E-state index contributed by atoms with van der Waals surface area (Å²) in [5.74, 6) is 0. The van der Waals surface area contributed by atoms with Gasteiger partial charge in [-0.05, 0) is 12.8 Å². The molecular formula is C14H20FN5. The summed E-state index contributed by atoms with van der Waals surface area (Å²) in [5.41, 5.74) is 2.07. The molecule has 1 fully saturated rings. The number of aromatic nitrogens is 4. The summed E-state index contributed by atoms with van der Waals surface area (Å²) in [5, 5.41) is 11.8. The summed E-state index contributed by atoms with van der Waals surface area (Å²) in [6.45, 7) is 0.630. The van der Waals surface area contributed by atoms with Crippen LogP contribution in [0.15, 0.2) is 24.8 Å². The highest BCUT2D eigenvalue weighted by molar-refractivity contribution is 5.38. The molecule has 2 heterocycles. The summed E-state index contributed by atoms with van der Waals surface area (Å²) in [4.78, 5) is 0. The normalized spacial score (nSPS) is 15.8. The van der Waals surface area contributed by atoms with Crippen LogP contribution in [0.4, 0.5) is 10.1 Å².